The van der Waals surface area contributed by atoms with Gasteiger partial charge in [0.15, 0.2) is 0 Å². The van der Waals surface area contributed by atoms with E-state index in [0.717, 1.165) is 31.1 Å². The van der Waals surface area contributed by atoms with E-state index in [1.54, 1.807) is 0 Å². The first-order valence-electron chi connectivity index (χ1n) is 6.08. The number of alkyl halides is 1. The number of rotatable bonds is 6. The third-order valence-corrected chi connectivity index (χ3v) is 4.11. The van der Waals surface area contributed by atoms with Crippen molar-refractivity contribution in [3.8, 4) is 0 Å². The molecule has 1 N–H and O–H groups in total. The number of hydrogen-bond donors (Lipinski definition) is 1. The van der Waals surface area contributed by atoms with Crippen molar-refractivity contribution in [2.75, 3.05) is 18.5 Å². The highest BCUT2D eigenvalue weighted by Crippen LogP contribution is 2.18. The molecule has 0 aliphatic carbocycles. The first-order chi connectivity index (χ1) is 7.63. The third-order valence-electron chi connectivity index (χ3n) is 3.01. The molecule has 16 heavy (non-hydrogen) atoms. The summed E-state index contributed by atoms with van der Waals surface area (Å²) in [6.45, 7) is 5.61. The van der Waals surface area contributed by atoms with Gasteiger partial charge in [-0.15, -0.1) is 0 Å². The molecule has 1 aliphatic heterocycles. The lowest BCUT2D eigenvalue weighted by atomic mass is 10.1. The summed E-state index contributed by atoms with van der Waals surface area (Å²) in [5.74, 6) is 0.922. The van der Waals surface area contributed by atoms with Gasteiger partial charge >= 0.3 is 0 Å². The zero-order chi connectivity index (χ0) is 12.0. The van der Waals surface area contributed by atoms with Gasteiger partial charge < -0.3 is 10.1 Å². The maximum atomic E-state index is 11.7. The largest absolute Gasteiger partial charge is 0.378 e. The summed E-state index contributed by atoms with van der Waals surface area (Å²) in [7, 11) is 0. The molecule has 0 aromatic rings. The van der Waals surface area contributed by atoms with Gasteiger partial charge in [0.05, 0.1) is 18.6 Å². The van der Waals surface area contributed by atoms with Crippen LogP contribution in [0.2, 0.25) is 0 Å². The number of carbonyl (C=O) groups excluding carboxylic acids is 1. The van der Waals surface area contributed by atoms with Crippen molar-refractivity contribution in [3.63, 3.8) is 0 Å². The Bertz CT molecular complexity index is 223. The SMILES string of the molecule is CC(CBr)CCCNC(=O)C1COC(C)C1. The van der Waals surface area contributed by atoms with Gasteiger partial charge in [-0.05, 0) is 32.1 Å². The quantitative estimate of drug-likeness (QED) is 0.603. The number of nitrogens with one attached hydrogen (secondary N) is 1. The van der Waals surface area contributed by atoms with Crippen molar-refractivity contribution < 1.29 is 9.53 Å². The van der Waals surface area contributed by atoms with Crippen LogP contribution in [0.3, 0.4) is 0 Å². The zero-order valence-electron chi connectivity index (χ0n) is 10.2. The molecule has 3 nitrogen and oxygen atoms in total. The van der Waals surface area contributed by atoms with Gasteiger partial charge in [-0.2, -0.15) is 0 Å². The van der Waals surface area contributed by atoms with E-state index in [-0.39, 0.29) is 17.9 Å². The van der Waals surface area contributed by atoms with Crippen LogP contribution in [-0.4, -0.2) is 30.5 Å². The molecule has 1 saturated heterocycles. The van der Waals surface area contributed by atoms with Crippen LogP contribution in [0.1, 0.15) is 33.1 Å². The van der Waals surface area contributed by atoms with E-state index in [4.69, 9.17) is 4.74 Å². The van der Waals surface area contributed by atoms with E-state index in [9.17, 15) is 4.79 Å². The molecule has 0 spiro atoms. The molecule has 0 aromatic heterocycles. The normalized spacial score (nSPS) is 26.7. The average molecular weight is 292 g/mol. The Kier molecular flexibility index (Phi) is 6.36. The summed E-state index contributed by atoms with van der Waals surface area (Å²) < 4.78 is 5.38. The first-order valence-corrected chi connectivity index (χ1v) is 7.21. The number of carbonyl (C=O) groups is 1. The van der Waals surface area contributed by atoms with Crippen LogP contribution in [0.25, 0.3) is 0 Å². The maximum absolute atomic E-state index is 11.7. The van der Waals surface area contributed by atoms with Gasteiger partial charge in [0, 0.05) is 11.9 Å². The highest BCUT2D eigenvalue weighted by atomic mass is 79.9. The second-order valence-electron chi connectivity index (χ2n) is 4.77. The van der Waals surface area contributed by atoms with Gasteiger partial charge in [-0.25, -0.2) is 0 Å². The van der Waals surface area contributed by atoms with E-state index in [2.05, 4.69) is 28.2 Å². The lowest BCUT2D eigenvalue weighted by molar-refractivity contribution is -0.124. The molecule has 0 saturated carbocycles. The van der Waals surface area contributed by atoms with Crippen LogP contribution < -0.4 is 5.32 Å². The number of ether oxygens (including phenoxy) is 1. The summed E-state index contributed by atoms with van der Waals surface area (Å²) >= 11 is 3.45. The molecule has 0 aromatic carbocycles. The monoisotopic (exact) mass is 291 g/mol. The van der Waals surface area contributed by atoms with Crippen molar-refractivity contribution >= 4 is 21.8 Å². The fourth-order valence-electron chi connectivity index (χ4n) is 1.88. The molecule has 0 bridgehead atoms. The Labute approximate surface area is 106 Å². The highest BCUT2D eigenvalue weighted by Gasteiger charge is 2.27. The molecule has 1 rings (SSSR count). The smallest absolute Gasteiger partial charge is 0.225 e. The predicted molar refractivity (Wildman–Crippen MR) is 68.7 cm³/mol. The maximum Gasteiger partial charge on any atom is 0.225 e. The van der Waals surface area contributed by atoms with Crippen molar-refractivity contribution in [2.24, 2.45) is 11.8 Å². The Balaban J connectivity index is 2.06. The van der Waals surface area contributed by atoms with Gasteiger partial charge in [0.2, 0.25) is 5.91 Å². The fourth-order valence-corrected chi connectivity index (χ4v) is 2.21. The summed E-state index contributed by atoms with van der Waals surface area (Å²) in [5, 5.41) is 4.03. The number of amides is 1. The van der Waals surface area contributed by atoms with E-state index >= 15 is 0 Å². The lowest BCUT2D eigenvalue weighted by Gasteiger charge is -2.10. The zero-order valence-corrected chi connectivity index (χ0v) is 11.8. The van der Waals surface area contributed by atoms with Gasteiger partial charge in [0.1, 0.15) is 0 Å². The Morgan fingerprint density at radius 2 is 2.38 bits per heavy atom. The molecule has 1 heterocycles. The van der Waals surface area contributed by atoms with Crippen LogP contribution in [0.5, 0.6) is 0 Å². The second-order valence-corrected chi connectivity index (χ2v) is 5.42. The topological polar surface area (TPSA) is 38.3 Å². The molecule has 0 radical (unpaired) electrons. The summed E-state index contributed by atoms with van der Waals surface area (Å²) in [5.41, 5.74) is 0. The molecule has 1 fully saturated rings. The lowest BCUT2D eigenvalue weighted by Crippen LogP contribution is -2.31. The molecular formula is C12H22BrNO2. The first kappa shape index (κ1) is 14.0. The van der Waals surface area contributed by atoms with Crippen LogP contribution in [0.15, 0.2) is 0 Å². The minimum absolute atomic E-state index is 0.0728. The Morgan fingerprint density at radius 3 is 2.94 bits per heavy atom. The van der Waals surface area contributed by atoms with E-state index < -0.39 is 0 Å². The van der Waals surface area contributed by atoms with E-state index in [0.29, 0.717) is 12.5 Å². The Hall–Kier alpha value is -0.0900. The Morgan fingerprint density at radius 1 is 1.62 bits per heavy atom. The van der Waals surface area contributed by atoms with Gasteiger partial charge in [-0.3, -0.25) is 4.79 Å². The number of halogens is 1. The second kappa shape index (κ2) is 7.28. The molecule has 3 unspecified atom stereocenters. The molecule has 3 atom stereocenters. The minimum atomic E-state index is 0.0728. The van der Waals surface area contributed by atoms with Crippen molar-refractivity contribution in [3.05, 3.63) is 0 Å². The predicted octanol–water partition coefficient (Wildman–Crippen LogP) is 2.34. The molecule has 1 amide bonds. The fraction of sp³-hybridized carbons (Fsp3) is 0.917. The highest BCUT2D eigenvalue weighted by molar-refractivity contribution is 9.09. The van der Waals surface area contributed by atoms with E-state index in [1.807, 2.05) is 6.92 Å². The standard InChI is InChI=1S/C12H22BrNO2/c1-9(7-13)4-3-5-14-12(15)11-6-10(2)16-8-11/h9-11H,3-8H2,1-2H3,(H,14,15). The molecular weight excluding hydrogens is 270 g/mol. The minimum Gasteiger partial charge on any atom is -0.378 e. The van der Waals surface area contributed by atoms with E-state index in [1.165, 1.54) is 0 Å². The molecule has 1 aliphatic rings. The summed E-state index contributed by atoms with van der Waals surface area (Å²) in [6.07, 6.45) is 3.32. The van der Waals surface area contributed by atoms with Crippen molar-refractivity contribution in [2.45, 2.75) is 39.2 Å². The van der Waals surface area contributed by atoms with Crippen LogP contribution >= 0.6 is 15.9 Å². The molecule has 94 valence electrons. The number of hydrogen-bond acceptors (Lipinski definition) is 2. The summed E-state index contributed by atoms with van der Waals surface area (Å²) in [4.78, 5) is 11.7. The summed E-state index contributed by atoms with van der Waals surface area (Å²) in [6, 6.07) is 0. The average Bonchev–Trinajstić information content (AvgIpc) is 2.70. The van der Waals surface area contributed by atoms with Gasteiger partial charge in [0.25, 0.3) is 0 Å². The van der Waals surface area contributed by atoms with Crippen LogP contribution in [0, 0.1) is 11.8 Å². The molecule has 4 heteroatoms. The van der Waals surface area contributed by atoms with Crippen molar-refractivity contribution in [1.82, 2.24) is 5.32 Å². The van der Waals surface area contributed by atoms with Crippen LogP contribution in [0.4, 0.5) is 0 Å². The van der Waals surface area contributed by atoms with Crippen LogP contribution in [-0.2, 0) is 9.53 Å². The third kappa shape index (κ3) is 4.83. The van der Waals surface area contributed by atoms with Crippen molar-refractivity contribution in [1.29, 1.82) is 0 Å². The van der Waals surface area contributed by atoms with Gasteiger partial charge in [-0.1, -0.05) is 22.9 Å².